The number of carbonyl (C=O) groups excluding carboxylic acids is 1. The Balaban J connectivity index is 0.00000264. The van der Waals surface area contributed by atoms with Crippen LogP contribution in [0.25, 0.3) is 0 Å². The first kappa shape index (κ1) is 19.7. The Hall–Kier alpha value is -1.31. The van der Waals surface area contributed by atoms with Gasteiger partial charge < -0.3 is 15.4 Å². The fourth-order valence-corrected chi connectivity index (χ4v) is 2.50. The summed E-state index contributed by atoms with van der Waals surface area (Å²) in [5, 5.41) is 0. The van der Waals surface area contributed by atoms with Crippen LogP contribution < -0.4 is 5.73 Å². The van der Waals surface area contributed by atoms with Gasteiger partial charge in [0.05, 0.1) is 11.7 Å². The molecule has 1 amide bonds. The molecular weight excluding hydrogens is 333 g/mol. The summed E-state index contributed by atoms with van der Waals surface area (Å²) >= 11 is 0. The van der Waals surface area contributed by atoms with Crippen molar-refractivity contribution in [1.82, 2.24) is 4.90 Å². The number of rotatable bonds is 4. The van der Waals surface area contributed by atoms with Gasteiger partial charge in [-0.2, -0.15) is 13.2 Å². The van der Waals surface area contributed by atoms with Crippen molar-refractivity contribution in [2.75, 3.05) is 13.6 Å². The summed E-state index contributed by atoms with van der Waals surface area (Å²) in [6.45, 7) is 0.469. The van der Waals surface area contributed by atoms with Gasteiger partial charge in [-0.3, -0.25) is 4.79 Å². The van der Waals surface area contributed by atoms with Crippen LogP contribution in [0.15, 0.2) is 24.3 Å². The molecule has 0 spiro atoms. The highest BCUT2D eigenvalue weighted by molar-refractivity contribution is 5.85. The van der Waals surface area contributed by atoms with E-state index in [1.165, 1.54) is 11.0 Å². The summed E-state index contributed by atoms with van der Waals surface area (Å²) < 4.78 is 43.6. The normalized spacial score (nSPS) is 20.9. The SMILES string of the molecule is CN(Cc1cccc(C(F)(F)F)c1)C(=O)[C@@H]1CC[C@H](CN)O1.Cl. The molecule has 0 radical (unpaired) electrons. The minimum atomic E-state index is -4.39. The molecule has 0 saturated carbocycles. The van der Waals surface area contributed by atoms with Crippen LogP contribution in [-0.4, -0.2) is 36.6 Å². The third-order valence-corrected chi connectivity index (χ3v) is 3.70. The molecule has 130 valence electrons. The molecule has 1 saturated heterocycles. The number of hydrogen-bond acceptors (Lipinski definition) is 3. The van der Waals surface area contributed by atoms with Crippen molar-refractivity contribution in [3.63, 3.8) is 0 Å². The zero-order chi connectivity index (χ0) is 16.3. The van der Waals surface area contributed by atoms with Crippen molar-refractivity contribution in [3.8, 4) is 0 Å². The number of ether oxygens (including phenoxy) is 1. The van der Waals surface area contributed by atoms with E-state index in [1.54, 1.807) is 13.1 Å². The number of benzene rings is 1. The molecule has 2 atom stereocenters. The summed E-state index contributed by atoms with van der Waals surface area (Å²) in [4.78, 5) is 13.6. The van der Waals surface area contributed by atoms with Gasteiger partial charge >= 0.3 is 6.18 Å². The highest BCUT2D eigenvalue weighted by Crippen LogP contribution is 2.30. The molecule has 2 N–H and O–H groups in total. The molecule has 2 rings (SSSR count). The summed E-state index contributed by atoms with van der Waals surface area (Å²) in [6, 6.07) is 4.98. The summed E-state index contributed by atoms with van der Waals surface area (Å²) in [6.07, 6.45) is -3.74. The van der Waals surface area contributed by atoms with Gasteiger partial charge in [0.15, 0.2) is 0 Å². The zero-order valence-electron chi connectivity index (χ0n) is 12.7. The van der Waals surface area contributed by atoms with Crippen molar-refractivity contribution in [1.29, 1.82) is 0 Å². The number of halogens is 4. The third-order valence-electron chi connectivity index (χ3n) is 3.70. The second-order valence-electron chi connectivity index (χ2n) is 5.45. The lowest BCUT2D eigenvalue weighted by Gasteiger charge is -2.22. The van der Waals surface area contributed by atoms with Crippen LogP contribution in [0.3, 0.4) is 0 Å². The van der Waals surface area contributed by atoms with Crippen molar-refractivity contribution >= 4 is 18.3 Å². The largest absolute Gasteiger partial charge is 0.416 e. The first-order chi connectivity index (χ1) is 10.3. The van der Waals surface area contributed by atoms with Crippen LogP contribution in [-0.2, 0) is 22.3 Å². The lowest BCUT2D eigenvalue weighted by atomic mass is 10.1. The van der Waals surface area contributed by atoms with Gasteiger partial charge in [0.25, 0.3) is 5.91 Å². The molecule has 1 fully saturated rings. The Kier molecular flexibility index (Phi) is 6.85. The fourth-order valence-electron chi connectivity index (χ4n) is 2.50. The smallest absolute Gasteiger partial charge is 0.364 e. The molecule has 1 aliphatic rings. The first-order valence-corrected chi connectivity index (χ1v) is 7.08. The average molecular weight is 353 g/mol. The van der Waals surface area contributed by atoms with Gasteiger partial charge in [0.2, 0.25) is 0 Å². The molecule has 8 heteroatoms. The molecule has 1 heterocycles. The monoisotopic (exact) mass is 352 g/mol. The average Bonchev–Trinajstić information content (AvgIpc) is 2.94. The van der Waals surface area contributed by atoms with E-state index < -0.39 is 17.8 Å². The summed E-state index contributed by atoms with van der Waals surface area (Å²) in [5.41, 5.74) is 5.21. The molecule has 1 aromatic carbocycles. The van der Waals surface area contributed by atoms with Crippen LogP contribution in [0.2, 0.25) is 0 Å². The summed E-state index contributed by atoms with van der Waals surface area (Å²) in [7, 11) is 1.56. The lowest BCUT2D eigenvalue weighted by Crippen LogP contribution is -2.36. The number of nitrogens with two attached hydrogens (primary N) is 1. The number of amides is 1. The number of nitrogens with zero attached hydrogens (tertiary/aromatic N) is 1. The van der Waals surface area contributed by atoms with E-state index in [2.05, 4.69) is 0 Å². The Labute approximate surface area is 139 Å². The van der Waals surface area contributed by atoms with Crippen LogP contribution >= 0.6 is 12.4 Å². The van der Waals surface area contributed by atoms with Crippen molar-refractivity contribution in [2.45, 2.75) is 37.8 Å². The van der Waals surface area contributed by atoms with Gasteiger partial charge in [0, 0.05) is 20.1 Å². The molecule has 23 heavy (non-hydrogen) atoms. The molecular formula is C15H20ClF3N2O2. The Bertz CT molecular complexity index is 540. The predicted octanol–water partition coefficient (Wildman–Crippen LogP) is 2.59. The van der Waals surface area contributed by atoms with Gasteiger partial charge in [-0.15, -0.1) is 12.4 Å². The Morgan fingerprint density at radius 1 is 1.39 bits per heavy atom. The van der Waals surface area contributed by atoms with E-state index in [9.17, 15) is 18.0 Å². The second kappa shape index (κ2) is 7.99. The maximum Gasteiger partial charge on any atom is 0.416 e. The van der Waals surface area contributed by atoms with Crippen molar-refractivity contribution in [2.24, 2.45) is 5.73 Å². The second-order valence-corrected chi connectivity index (χ2v) is 5.45. The van der Waals surface area contributed by atoms with E-state index in [-0.39, 0.29) is 31.0 Å². The quantitative estimate of drug-likeness (QED) is 0.906. The van der Waals surface area contributed by atoms with E-state index in [4.69, 9.17) is 10.5 Å². The number of alkyl halides is 3. The van der Waals surface area contributed by atoms with E-state index in [0.717, 1.165) is 18.6 Å². The number of carbonyl (C=O) groups is 1. The van der Waals surface area contributed by atoms with Gasteiger partial charge in [-0.1, -0.05) is 12.1 Å². The fraction of sp³-hybridized carbons (Fsp3) is 0.533. The lowest BCUT2D eigenvalue weighted by molar-refractivity contribution is -0.141. The highest BCUT2D eigenvalue weighted by atomic mass is 35.5. The Morgan fingerprint density at radius 2 is 2.09 bits per heavy atom. The molecule has 1 aromatic rings. The third kappa shape index (κ3) is 5.09. The molecule has 0 aromatic heterocycles. The maximum absolute atomic E-state index is 12.7. The van der Waals surface area contributed by atoms with E-state index in [0.29, 0.717) is 18.5 Å². The Morgan fingerprint density at radius 3 is 2.65 bits per heavy atom. The standard InChI is InChI=1S/C15H19F3N2O2.ClH/c1-20(14(21)13-6-5-12(8-19)22-13)9-10-3-2-4-11(7-10)15(16,17)18;/h2-4,7,12-13H,5-6,8-9,19H2,1H3;1H/t12-,13+;/m1./s1. The summed E-state index contributed by atoms with van der Waals surface area (Å²) in [5.74, 6) is -0.228. The minimum Gasteiger partial charge on any atom is -0.364 e. The molecule has 4 nitrogen and oxygen atoms in total. The van der Waals surface area contributed by atoms with Gasteiger partial charge in [-0.05, 0) is 30.5 Å². The topological polar surface area (TPSA) is 55.6 Å². The molecule has 0 unspecified atom stereocenters. The van der Waals surface area contributed by atoms with Crippen LogP contribution in [0, 0.1) is 0 Å². The van der Waals surface area contributed by atoms with Crippen molar-refractivity contribution < 1.29 is 22.7 Å². The van der Waals surface area contributed by atoms with Crippen LogP contribution in [0.1, 0.15) is 24.0 Å². The van der Waals surface area contributed by atoms with Gasteiger partial charge in [-0.25, -0.2) is 0 Å². The molecule has 0 aliphatic carbocycles. The zero-order valence-corrected chi connectivity index (χ0v) is 13.5. The number of likely N-dealkylation sites (N-methyl/N-ethyl adjacent to an activating group) is 1. The van der Waals surface area contributed by atoms with Crippen molar-refractivity contribution in [3.05, 3.63) is 35.4 Å². The molecule has 1 aliphatic heterocycles. The minimum absolute atomic E-state index is 0. The molecule has 0 bridgehead atoms. The maximum atomic E-state index is 12.7. The van der Waals surface area contributed by atoms with Crippen LogP contribution in [0.5, 0.6) is 0 Å². The van der Waals surface area contributed by atoms with Gasteiger partial charge in [0.1, 0.15) is 6.10 Å². The van der Waals surface area contributed by atoms with E-state index in [1.807, 2.05) is 0 Å². The van der Waals surface area contributed by atoms with E-state index >= 15 is 0 Å². The first-order valence-electron chi connectivity index (χ1n) is 7.08. The van der Waals surface area contributed by atoms with Crippen LogP contribution in [0.4, 0.5) is 13.2 Å². The predicted molar refractivity (Wildman–Crippen MR) is 82.1 cm³/mol. The number of hydrogen-bond donors (Lipinski definition) is 1. The highest BCUT2D eigenvalue weighted by Gasteiger charge is 2.33.